The van der Waals surface area contributed by atoms with E-state index >= 15 is 0 Å². The number of benzene rings is 1. The molecule has 0 spiro atoms. The molecule has 0 aromatic heterocycles. The number of methoxy groups -OCH3 is 1. The van der Waals surface area contributed by atoms with Gasteiger partial charge in [0.1, 0.15) is 0 Å². The third-order valence-corrected chi connectivity index (χ3v) is 2.76. The van der Waals surface area contributed by atoms with Gasteiger partial charge in [-0.2, -0.15) is 0 Å². The molecule has 0 heterocycles. The summed E-state index contributed by atoms with van der Waals surface area (Å²) in [5, 5.41) is 10.3. The van der Waals surface area contributed by atoms with Gasteiger partial charge in [-0.05, 0) is 6.07 Å². The molecule has 0 aliphatic heterocycles. The van der Waals surface area contributed by atoms with Crippen LogP contribution in [-0.4, -0.2) is 18.2 Å². The molecule has 1 aromatic rings. The summed E-state index contributed by atoms with van der Waals surface area (Å²) in [7, 11) is 1.26. The molecular formula is C10H10Cl2O3. The topological polar surface area (TPSA) is 46.5 Å². The van der Waals surface area contributed by atoms with Gasteiger partial charge in [0.15, 0.2) is 0 Å². The molecule has 15 heavy (non-hydrogen) atoms. The van der Waals surface area contributed by atoms with Crippen molar-refractivity contribution in [1.29, 1.82) is 0 Å². The number of aliphatic hydroxyl groups is 1. The van der Waals surface area contributed by atoms with Crippen LogP contribution in [-0.2, 0) is 9.53 Å². The van der Waals surface area contributed by atoms with Crippen LogP contribution < -0.4 is 0 Å². The van der Waals surface area contributed by atoms with E-state index in [1.54, 1.807) is 18.2 Å². The van der Waals surface area contributed by atoms with Crippen molar-refractivity contribution in [1.82, 2.24) is 0 Å². The van der Waals surface area contributed by atoms with Gasteiger partial charge in [0.25, 0.3) is 0 Å². The van der Waals surface area contributed by atoms with Crippen LogP contribution in [0.1, 0.15) is 18.1 Å². The van der Waals surface area contributed by atoms with E-state index in [0.29, 0.717) is 10.6 Å². The smallest absolute Gasteiger partial charge is 0.308 e. The Kier molecular flexibility index (Phi) is 4.39. The largest absolute Gasteiger partial charge is 0.469 e. The number of carbonyl (C=O) groups excluding carboxylic acids is 1. The van der Waals surface area contributed by atoms with Crippen LogP contribution in [0, 0.1) is 0 Å². The molecule has 0 aliphatic rings. The lowest BCUT2D eigenvalue weighted by molar-refractivity contribution is -0.142. The fourth-order valence-electron chi connectivity index (χ4n) is 1.13. The molecule has 0 fully saturated rings. The van der Waals surface area contributed by atoms with E-state index in [0.717, 1.165) is 0 Å². The highest BCUT2D eigenvalue weighted by molar-refractivity contribution is 6.42. The molecule has 0 bridgehead atoms. The Morgan fingerprint density at radius 3 is 2.80 bits per heavy atom. The number of carbonyl (C=O) groups is 1. The fraction of sp³-hybridized carbons (Fsp3) is 0.300. The van der Waals surface area contributed by atoms with Gasteiger partial charge in [0.2, 0.25) is 0 Å². The Hall–Kier alpha value is -0.770. The molecule has 82 valence electrons. The summed E-state index contributed by atoms with van der Waals surface area (Å²) < 4.78 is 4.44. The summed E-state index contributed by atoms with van der Waals surface area (Å²) in [6.45, 7) is 0. The van der Waals surface area contributed by atoms with Gasteiger partial charge in [-0.3, -0.25) is 4.79 Å². The number of aliphatic hydroxyl groups excluding tert-OH is 1. The highest BCUT2D eigenvalue weighted by atomic mass is 35.5. The molecule has 1 N–H and O–H groups in total. The van der Waals surface area contributed by atoms with Crippen molar-refractivity contribution in [2.75, 3.05) is 7.11 Å². The van der Waals surface area contributed by atoms with Crippen LogP contribution in [0.15, 0.2) is 18.2 Å². The number of esters is 1. The normalized spacial score (nSPS) is 12.3. The lowest BCUT2D eigenvalue weighted by atomic mass is 10.1. The maximum absolute atomic E-state index is 10.9. The number of hydrogen-bond donors (Lipinski definition) is 1. The summed E-state index contributed by atoms with van der Waals surface area (Å²) in [5.41, 5.74) is 0.426. The monoisotopic (exact) mass is 248 g/mol. The van der Waals surface area contributed by atoms with Gasteiger partial charge >= 0.3 is 5.97 Å². The molecule has 0 unspecified atom stereocenters. The van der Waals surface area contributed by atoms with Gasteiger partial charge in [-0.25, -0.2) is 0 Å². The molecule has 0 radical (unpaired) electrons. The first-order valence-electron chi connectivity index (χ1n) is 4.25. The molecule has 0 amide bonds. The zero-order valence-electron chi connectivity index (χ0n) is 8.04. The van der Waals surface area contributed by atoms with Crippen LogP contribution in [0.5, 0.6) is 0 Å². The van der Waals surface area contributed by atoms with Crippen molar-refractivity contribution in [2.24, 2.45) is 0 Å². The first-order chi connectivity index (χ1) is 7.06. The predicted molar refractivity (Wildman–Crippen MR) is 58.1 cm³/mol. The molecular weight excluding hydrogens is 239 g/mol. The average molecular weight is 249 g/mol. The lowest BCUT2D eigenvalue weighted by Gasteiger charge is -2.11. The predicted octanol–water partition coefficient (Wildman–Crippen LogP) is 2.59. The van der Waals surface area contributed by atoms with Crippen LogP contribution in [0.2, 0.25) is 10.0 Å². The second-order valence-electron chi connectivity index (χ2n) is 2.94. The summed E-state index contributed by atoms with van der Waals surface area (Å²) in [6.07, 6.45) is -1.14. The minimum atomic E-state index is -0.997. The van der Waals surface area contributed by atoms with Crippen molar-refractivity contribution < 1.29 is 14.6 Å². The number of halogens is 2. The minimum Gasteiger partial charge on any atom is -0.469 e. The van der Waals surface area contributed by atoms with Gasteiger partial charge < -0.3 is 9.84 Å². The Bertz CT molecular complexity index is 366. The van der Waals surface area contributed by atoms with Crippen LogP contribution in [0.25, 0.3) is 0 Å². The van der Waals surface area contributed by atoms with Gasteiger partial charge in [0.05, 0.1) is 29.7 Å². The van der Waals surface area contributed by atoms with Gasteiger partial charge in [-0.15, -0.1) is 0 Å². The maximum atomic E-state index is 10.9. The Morgan fingerprint density at radius 1 is 1.53 bits per heavy atom. The number of ether oxygens (including phenoxy) is 1. The standard InChI is InChI=1S/C10H10Cl2O3/c1-15-9(14)5-8(13)6-3-2-4-7(11)10(6)12/h2-4,8,13H,5H2,1H3/t8-/m0/s1. The minimum absolute atomic E-state index is 0.142. The van der Waals surface area contributed by atoms with Gasteiger partial charge in [-0.1, -0.05) is 35.3 Å². The number of hydrogen-bond acceptors (Lipinski definition) is 3. The van der Waals surface area contributed by atoms with E-state index in [4.69, 9.17) is 23.2 Å². The third-order valence-electron chi connectivity index (χ3n) is 1.93. The molecule has 0 saturated carbocycles. The molecule has 5 heteroatoms. The Labute approximate surface area is 97.6 Å². The molecule has 0 saturated heterocycles. The van der Waals surface area contributed by atoms with E-state index in [1.165, 1.54) is 7.11 Å². The Morgan fingerprint density at radius 2 is 2.20 bits per heavy atom. The zero-order chi connectivity index (χ0) is 11.4. The summed E-state index contributed by atoms with van der Waals surface area (Å²) >= 11 is 11.6. The molecule has 3 nitrogen and oxygen atoms in total. The fourth-order valence-corrected chi connectivity index (χ4v) is 1.56. The van der Waals surface area contributed by atoms with E-state index in [1.807, 2.05) is 0 Å². The summed E-state index contributed by atoms with van der Waals surface area (Å²) in [5.74, 6) is -0.501. The second kappa shape index (κ2) is 5.35. The van der Waals surface area contributed by atoms with Crippen LogP contribution in [0.3, 0.4) is 0 Å². The average Bonchev–Trinajstić information content (AvgIpc) is 2.21. The molecule has 1 aromatic carbocycles. The second-order valence-corrected chi connectivity index (χ2v) is 3.72. The highest BCUT2D eigenvalue weighted by Gasteiger charge is 2.17. The van der Waals surface area contributed by atoms with Crippen molar-refractivity contribution in [3.63, 3.8) is 0 Å². The molecule has 1 rings (SSSR count). The van der Waals surface area contributed by atoms with E-state index in [2.05, 4.69) is 4.74 Å². The van der Waals surface area contributed by atoms with Crippen LogP contribution >= 0.6 is 23.2 Å². The SMILES string of the molecule is COC(=O)C[C@H](O)c1cccc(Cl)c1Cl. The van der Waals surface area contributed by atoms with Gasteiger partial charge in [0, 0.05) is 5.56 Å². The maximum Gasteiger partial charge on any atom is 0.308 e. The first kappa shape index (κ1) is 12.3. The number of rotatable bonds is 3. The van der Waals surface area contributed by atoms with Crippen molar-refractivity contribution >= 4 is 29.2 Å². The zero-order valence-corrected chi connectivity index (χ0v) is 9.55. The third kappa shape index (κ3) is 3.09. The summed E-state index contributed by atoms with van der Waals surface area (Å²) in [6, 6.07) is 4.88. The first-order valence-corrected chi connectivity index (χ1v) is 5.00. The Balaban J connectivity index is 2.86. The molecule has 0 aliphatic carbocycles. The lowest BCUT2D eigenvalue weighted by Crippen LogP contribution is -2.08. The van der Waals surface area contributed by atoms with Crippen LogP contribution in [0.4, 0.5) is 0 Å². The van der Waals surface area contributed by atoms with E-state index < -0.39 is 12.1 Å². The molecule has 1 atom stereocenters. The van der Waals surface area contributed by atoms with Crippen molar-refractivity contribution in [3.05, 3.63) is 33.8 Å². The van der Waals surface area contributed by atoms with Crippen molar-refractivity contribution in [3.8, 4) is 0 Å². The van der Waals surface area contributed by atoms with E-state index in [-0.39, 0.29) is 11.4 Å². The summed E-state index contributed by atoms with van der Waals surface area (Å²) in [4.78, 5) is 10.9. The quantitative estimate of drug-likeness (QED) is 0.837. The highest BCUT2D eigenvalue weighted by Crippen LogP contribution is 2.31. The van der Waals surface area contributed by atoms with E-state index in [9.17, 15) is 9.90 Å². The van der Waals surface area contributed by atoms with Crippen molar-refractivity contribution in [2.45, 2.75) is 12.5 Å².